The molecule has 0 aliphatic heterocycles. The molecule has 0 atom stereocenters. The molecule has 1 aliphatic rings. The molecule has 0 unspecified atom stereocenters. The number of aliphatic carboxylic acids is 1. The Balaban J connectivity index is 1.44. The summed E-state index contributed by atoms with van der Waals surface area (Å²) in [6, 6.07) is 20.9. The van der Waals surface area contributed by atoms with Gasteiger partial charge in [0.05, 0.1) is 6.61 Å². The number of fused-ring (bicyclic) bond motifs is 3. The Morgan fingerprint density at radius 1 is 0.882 bits per heavy atom. The molecule has 4 nitrogen and oxygen atoms in total. The summed E-state index contributed by atoms with van der Waals surface area (Å²) in [5, 5.41) is 8.84. The third kappa shape index (κ3) is 6.57. The van der Waals surface area contributed by atoms with E-state index in [0.717, 1.165) is 60.7 Å². The zero-order chi connectivity index (χ0) is 23.8. The summed E-state index contributed by atoms with van der Waals surface area (Å²) in [4.78, 5) is 10.7. The highest BCUT2D eigenvalue weighted by Crippen LogP contribution is 2.35. The van der Waals surface area contributed by atoms with Crippen LogP contribution in [0.5, 0.6) is 11.5 Å². The lowest BCUT2D eigenvalue weighted by Crippen LogP contribution is -2.00. The number of hydrogen-bond donors (Lipinski definition) is 1. The Hall–Kier alpha value is -2.92. The van der Waals surface area contributed by atoms with Gasteiger partial charge in [-0.1, -0.05) is 30.3 Å². The Labute approximate surface area is 206 Å². The number of rotatable bonds is 11. The van der Waals surface area contributed by atoms with E-state index in [0.29, 0.717) is 13.0 Å². The maximum absolute atomic E-state index is 10.7. The zero-order valence-corrected chi connectivity index (χ0v) is 20.5. The predicted molar refractivity (Wildman–Crippen MR) is 139 cm³/mol. The maximum atomic E-state index is 10.7. The highest BCUT2D eigenvalue weighted by molar-refractivity contribution is 7.98. The molecular formula is C29H32O4S. The van der Waals surface area contributed by atoms with Crippen LogP contribution in [0, 0.1) is 0 Å². The van der Waals surface area contributed by atoms with Crippen LogP contribution in [0.1, 0.15) is 41.5 Å². The van der Waals surface area contributed by atoms with E-state index < -0.39 is 5.97 Å². The van der Waals surface area contributed by atoms with E-state index in [1.54, 1.807) is 0 Å². The molecule has 0 saturated heterocycles. The lowest BCUT2D eigenvalue weighted by atomic mass is 9.95. The summed E-state index contributed by atoms with van der Waals surface area (Å²) in [5.74, 6) is 2.10. The first-order valence-corrected chi connectivity index (χ1v) is 13.3. The van der Waals surface area contributed by atoms with Gasteiger partial charge in [0.15, 0.2) is 0 Å². The molecule has 0 fully saturated rings. The van der Waals surface area contributed by atoms with Crippen molar-refractivity contribution in [2.75, 3.05) is 18.6 Å². The molecule has 0 amide bonds. The maximum Gasteiger partial charge on any atom is 0.303 e. The van der Waals surface area contributed by atoms with Gasteiger partial charge < -0.3 is 14.6 Å². The number of hydrogen-bond acceptors (Lipinski definition) is 4. The van der Waals surface area contributed by atoms with E-state index >= 15 is 0 Å². The first-order valence-electron chi connectivity index (χ1n) is 11.9. The number of thioether (sulfide) groups is 1. The first kappa shape index (κ1) is 24.2. The minimum atomic E-state index is -0.778. The van der Waals surface area contributed by atoms with E-state index in [1.165, 1.54) is 22.3 Å². The van der Waals surface area contributed by atoms with Crippen LogP contribution in [0.15, 0.2) is 60.7 Å². The number of carboxylic acid groups (broad SMARTS) is 1. The van der Waals surface area contributed by atoms with Gasteiger partial charge in [-0.25, -0.2) is 0 Å². The summed E-state index contributed by atoms with van der Waals surface area (Å²) in [6.45, 7) is 1.26. The Bertz CT molecular complexity index is 1110. The van der Waals surface area contributed by atoms with Crippen molar-refractivity contribution in [1.29, 1.82) is 0 Å². The van der Waals surface area contributed by atoms with E-state index in [2.05, 4.69) is 42.7 Å². The molecule has 0 aromatic heterocycles. The fraction of sp³-hybridized carbons (Fsp3) is 0.345. The fourth-order valence-corrected chi connectivity index (χ4v) is 4.75. The highest BCUT2D eigenvalue weighted by Gasteiger charge is 2.16. The first-order chi connectivity index (χ1) is 16.6. The molecule has 34 heavy (non-hydrogen) atoms. The van der Waals surface area contributed by atoms with Crippen molar-refractivity contribution in [3.05, 3.63) is 82.9 Å². The molecule has 0 saturated carbocycles. The molecule has 178 valence electrons. The van der Waals surface area contributed by atoms with Gasteiger partial charge in [0.1, 0.15) is 18.1 Å². The smallest absolute Gasteiger partial charge is 0.303 e. The molecule has 0 heterocycles. The fourth-order valence-electron chi connectivity index (χ4n) is 4.34. The van der Waals surface area contributed by atoms with Crippen LogP contribution < -0.4 is 9.47 Å². The van der Waals surface area contributed by atoms with Crippen LogP contribution in [0.4, 0.5) is 0 Å². The molecule has 3 aromatic rings. The summed E-state index contributed by atoms with van der Waals surface area (Å²) in [7, 11) is 0. The largest absolute Gasteiger partial charge is 0.494 e. The quantitative estimate of drug-likeness (QED) is 0.317. The summed E-state index contributed by atoms with van der Waals surface area (Å²) < 4.78 is 12.0. The topological polar surface area (TPSA) is 55.8 Å². The standard InChI is InChI=1S/C29H32O4S/c1-34-17-3-16-32-26-13-14-27-24(19-26)5-2-4-23-10-6-22(18-28(23)27)20-33-25-11-7-21(8-12-25)9-15-29(30)31/h6-8,10-14,18-19H,2-5,9,15-17,20H2,1H3,(H,30,31). The van der Waals surface area contributed by atoms with Gasteiger partial charge in [0.2, 0.25) is 0 Å². The highest BCUT2D eigenvalue weighted by atomic mass is 32.2. The molecular weight excluding hydrogens is 444 g/mol. The van der Waals surface area contributed by atoms with Gasteiger partial charge in [-0.2, -0.15) is 11.8 Å². The Kier molecular flexibility index (Phi) is 8.53. The third-order valence-corrected chi connectivity index (χ3v) is 6.85. The summed E-state index contributed by atoms with van der Waals surface area (Å²) in [5.41, 5.74) is 7.48. The predicted octanol–water partition coefficient (Wildman–Crippen LogP) is 6.57. The molecule has 1 N–H and O–H groups in total. The Morgan fingerprint density at radius 3 is 2.44 bits per heavy atom. The van der Waals surface area contributed by atoms with Crippen LogP contribution in [0.25, 0.3) is 11.1 Å². The van der Waals surface area contributed by atoms with E-state index in [-0.39, 0.29) is 6.42 Å². The van der Waals surface area contributed by atoms with E-state index in [4.69, 9.17) is 14.6 Å². The lowest BCUT2D eigenvalue weighted by Gasteiger charge is -2.14. The molecule has 1 aliphatic carbocycles. The second kappa shape index (κ2) is 12.0. The Morgan fingerprint density at radius 2 is 1.65 bits per heavy atom. The van der Waals surface area contributed by atoms with Gasteiger partial charge in [0.25, 0.3) is 0 Å². The van der Waals surface area contributed by atoms with Crippen molar-refractivity contribution in [3.8, 4) is 22.6 Å². The van der Waals surface area contributed by atoms with E-state index in [9.17, 15) is 4.79 Å². The van der Waals surface area contributed by atoms with Crippen LogP contribution in [0.2, 0.25) is 0 Å². The van der Waals surface area contributed by atoms with Gasteiger partial charge in [-0.15, -0.1) is 0 Å². The molecule has 4 rings (SSSR count). The molecule has 0 radical (unpaired) electrons. The lowest BCUT2D eigenvalue weighted by molar-refractivity contribution is -0.136. The second-order valence-electron chi connectivity index (χ2n) is 8.69. The number of carboxylic acids is 1. The number of aryl methyl sites for hydroxylation is 3. The van der Waals surface area contributed by atoms with Crippen molar-refractivity contribution in [3.63, 3.8) is 0 Å². The van der Waals surface area contributed by atoms with Crippen LogP contribution in [-0.2, 0) is 30.7 Å². The van der Waals surface area contributed by atoms with Crippen molar-refractivity contribution < 1.29 is 19.4 Å². The summed E-state index contributed by atoms with van der Waals surface area (Å²) in [6.07, 6.45) is 7.14. The second-order valence-corrected chi connectivity index (χ2v) is 9.67. The average molecular weight is 477 g/mol. The van der Waals surface area contributed by atoms with Gasteiger partial charge >= 0.3 is 5.97 Å². The number of carbonyl (C=O) groups is 1. The van der Waals surface area contributed by atoms with Crippen molar-refractivity contribution in [2.24, 2.45) is 0 Å². The monoisotopic (exact) mass is 476 g/mol. The number of ether oxygens (including phenoxy) is 2. The summed E-state index contributed by atoms with van der Waals surface area (Å²) >= 11 is 1.85. The third-order valence-electron chi connectivity index (χ3n) is 6.15. The van der Waals surface area contributed by atoms with Crippen LogP contribution in [-0.4, -0.2) is 29.7 Å². The molecule has 5 heteroatoms. The number of benzene rings is 3. The minimum Gasteiger partial charge on any atom is -0.494 e. The molecule has 0 bridgehead atoms. The van der Waals surface area contributed by atoms with Crippen LogP contribution >= 0.6 is 11.8 Å². The van der Waals surface area contributed by atoms with Crippen molar-refractivity contribution in [1.82, 2.24) is 0 Å². The average Bonchev–Trinajstić information content (AvgIpc) is 3.03. The van der Waals surface area contributed by atoms with Crippen molar-refractivity contribution >= 4 is 17.7 Å². The molecule has 3 aromatic carbocycles. The normalized spacial score (nSPS) is 12.4. The SMILES string of the molecule is CSCCCOc1ccc2c(c1)CCCc1ccc(COc3ccc(CCC(=O)O)cc3)cc1-2. The van der Waals surface area contributed by atoms with Crippen LogP contribution in [0.3, 0.4) is 0 Å². The zero-order valence-electron chi connectivity index (χ0n) is 19.7. The van der Waals surface area contributed by atoms with Gasteiger partial charge in [-0.05, 0) is 108 Å². The van der Waals surface area contributed by atoms with Crippen molar-refractivity contribution in [2.45, 2.75) is 45.1 Å². The minimum absolute atomic E-state index is 0.141. The van der Waals surface area contributed by atoms with Gasteiger partial charge in [0, 0.05) is 6.42 Å². The molecule has 0 spiro atoms. The van der Waals surface area contributed by atoms with Gasteiger partial charge in [-0.3, -0.25) is 4.79 Å². The van der Waals surface area contributed by atoms with E-state index in [1.807, 2.05) is 36.0 Å².